The van der Waals surface area contributed by atoms with Gasteiger partial charge in [-0.3, -0.25) is 14.5 Å². The average molecular weight is 359 g/mol. The smallest absolute Gasteiger partial charge is 0.273 e. The minimum atomic E-state index is -0.248. The van der Waals surface area contributed by atoms with Crippen LogP contribution in [0, 0.1) is 0 Å². The minimum Gasteiger partial charge on any atom is -0.360 e. The predicted molar refractivity (Wildman–Crippen MR) is 94.8 cm³/mol. The van der Waals surface area contributed by atoms with E-state index >= 15 is 0 Å². The number of likely N-dealkylation sites (tertiary alicyclic amines) is 1. The maximum Gasteiger partial charge on any atom is 0.273 e. The van der Waals surface area contributed by atoms with Crippen molar-refractivity contribution in [3.63, 3.8) is 0 Å². The molecule has 1 aliphatic carbocycles. The third kappa shape index (κ3) is 3.81. The molecule has 1 aromatic rings. The zero-order chi connectivity index (χ0) is 18.1. The predicted octanol–water partition coefficient (Wildman–Crippen LogP) is -0.0460. The molecule has 0 bridgehead atoms. The summed E-state index contributed by atoms with van der Waals surface area (Å²) in [5, 5.41) is 10.1. The molecule has 0 unspecified atom stereocenters. The Balaban J connectivity index is 1.29. The maximum atomic E-state index is 12.4. The number of hydrogen-bond acceptors (Lipinski definition) is 6. The average Bonchev–Trinajstić information content (AvgIpc) is 3.27. The molecule has 3 fully saturated rings. The van der Waals surface area contributed by atoms with Gasteiger partial charge in [-0.2, -0.15) is 0 Å². The van der Waals surface area contributed by atoms with Crippen LogP contribution < -0.4 is 10.6 Å². The monoisotopic (exact) mass is 359 g/mol. The van der Waals surface area contributed by atoms with Crippen LogP contribution in [0.15, 0.2) is 22.7 Å². The molecule has 0 spiro atoms. The van der Waals surface area contributed by atoms with Crippen LogP contribution in [0.3, 0.4) is 0 Å². The van der Waals surface area contributed by atoms with E-state index in [1.807, 2.05) is 9.80 Å². The summed E-state index contributed by atoms with van der Waals surface area (Å²) < 4.78 is 5.24. The Morgan fingerprint density at radius 2 is 2.12 bits per heavy atom. The molecule has 3 heterocycles. The van der Waals surface area contributed by atoms with E-state index in [2.05, 4.69) is 22.4 Å². The minimum absolute atomic E-state index is 0.136. The Bertz CT molecular complexity index is 705. The van der Waals surface area contributed by atoms with Crippen molar-refractivity contribution in [1.29, 1.82) is 0 Å². The summed E-state index contributed by atoms with van der Waals surface area (Å²) >= 11 is 0. The zero-order valence-corrected chi connectivity index (χ0v) is 14.9. The van der Waals surface area contributed by atoms with Crippen LogP contribution in [0.5, 0.6) is 0 Å². The van der Waals surface area contributed by atoms with Gasteiger partial charge < -0.3 is 20.1 Å². The molecule has 8 nitrogen and oxygen atoms in total. The summed E-state index contributed by atoms with van der Waals surface area (Å²) in [6.45, 7) is 8.83. The van der Waals surface area contributed by atoms with Gasteiger partial charge in [-0.1, -0.05) is 11.7 Å². The molecule has 8 heteroatoms. The van der Waals surface area contributed by atoms with Gasteiger partial charge in [0.2, 0.25) is 5.91 Å². The molecule has 4 rings (SSSR count). The van der Waals surface area contributed by atoms with E-state index in [1.165, 1.54) is 0 Å². The second kappa shape index (κ2) is 7.20. The van der Waals surface area contributed by atoms with Crippen molar-refractivity contribution in [3.8, 4) is 0 Å². The van der Waals surface area contributed by atoms with E-state index in [9.17, 15) is 9.59 Å². The van der Waals surface area contributed by atoms with Gasteiger partial charge in [0.25, 0.3) is 5.91 Å². The first-order valence-electron chi connectivity index (χ1n) is 9.26. The Morgan fingerprint density at radius 1 is 1.35 bits per heavy atom. The Hall–Kier alpha value is -2.19. The number of rotatable bonds is 5. The van der Waals surface area contributed by atoms with Crippen LogP contribution in [0.2, 0.25) is 0 Å². The van der Waals surface area contributed by atoms with E-state index in [0.717, 1.165) is 50.4 Å². The first-order valence-corrected chi connectivity index (χ1v) is 9.26. The molecule has 3 aliphatic rings. The quantitative estimate of drug-likeness (QED) is 0.717. The van der Waals surface area contributed by atoms with Crippen LogP contribution in [-0.2, 0) is 4.79 Å². The molecule has 2 saturated heterocycles. The van der Waals surface area contributed by atoms with Gasteiger partial charge in [0.15, 0.2) is 5.69 Å². The van der Waals surface area contributed by atoms with Gasteiger partial charge in [0.1, 0.15) is 5.76 Å². The fraction of sp³-hybridized carbons (Fsp3) is 0.611. The van der Waals surface area contributed by atoms with Crippen LogP contribution >= 0.6 is 0 Å². The summed E-state index contributed by atoms with van der Waals surface area (Å²) in [4.78, 5) is 28.7. The molecule has 0 radical (unpaired) electrons. The number of piperazine rings is 1. The van der Waals surface area contributed by atoms with E-state index < -0.39 is 0 Å². The van der Waals surface area contributed by atoms with Gasteiger partial charge in [-0.15, -0.1) is 0 Å². The van der Waals surface area contributed by atoms with Gasteiger partial charge >= 0.3 is 0 Å². The molecule has 1 atom stereocenters. The SMILES string of the molecule is C=C1CN(CC(=O)N2CCNCC2)C[C@H]1NC(=O)c1cc(C2CC2)on1. The molecular formula is C18H25N5O3. The molecule has 26 heavy (non-hydrogen) atoms. The largest absolute Gasteiger partial charge is 0.360 e. The second-order valence-corrected chi connectivity index (χ2v) is 7.37. The zero-order valence-electron chi connectivity index (χ0n) is 14.9. The Morgan fingerprint density at radius 3 is 2.85 bits per heavy atom. The second-order valence-electron chi connectivity index (χ2n) is 7.37. The summed E-state index contributed by atoms with van der Waals surface area (Å²) in [6, 6.07) is 1.57. The summed E-state index contributed by atoms with van der Waals surface area (Å²) in [5.74, 6) is 1.11. The van der Waals surface area contributed by atoms with Crippen molar-refractivity contribution < 1.29 is 14.1 Å². The lowest BCUT2D eigenvalue weighted by Gasteiger charge is -2.29. The molecule has 2 amide bonds. The Labute approximate surface area is 152 Å². The first-order chi connectivity index (χ1) is 12.6. The topological polar surface area (TPSA) is 90.7 Å². The molecular weight excluding hydrogens is 334 g/mol. The number of carbonyl (C=O) groups excluding carboxylic acids is 2. The van der Waals surface area contributed by atoms with E-state index in [-0.39, 0.29) is 17.9 Å². The Kier molecular flexibility index (Phi) is 4.78. The van der Waals surface area contributed by atoms with Gasteiger partial charge in [0, 0.05) is 51.3 Å². The number of nitrogens with one attached hydrogen (secondary N) is 2. The molecule has 2 aliphatic heterocycles. The van der Waals surface area contributed by atoms with Crippen molar-refractivity contribution >= 4 is 11.8 Å². The highest BCUT2D eigenvalue weighted by atomic mass is 16.5. The summed E-state index contributed by atoms with van der Waals surface area (Å²) in [6.07, 6.45) is 2.21. The van der Waals surface area contributed by atoms with Crippen molar-refractivity contribution in [2.45, 2.75) is 24.8 Å². The van der Waals surface area contributed by atoms with Crippen LogP contribution in [-0.4, -0.2) is 78.6 Å². The highest BCUT2D eigenvalue weighted by Crippen LogP contribution is 2.40. The highest BCUT2D eigenvalue weighted by Gasteiger charge is 2.32. The van der Waals surface area contributed by atoms with Crippen molar-refractivity contribution in [3.05, 3.63) is 29.7 Å². The molecule has 0 aromatic carbocycles. The highest BCUT2D eigenvalue weighted by molar-refractivity contribution is 5.92. The lowest BCUT2D eigenvalue weighted by Crippen LogP contribution is -2.49. The maximum absolute atomic E-state index is 12.4. The van der Waals surface area contributed by atoms with Gasteiger partial charge in [0.05, 0.1) is 12.6 Å². The van der Waals surface area contributed by atoms with E-state index in [0.29, 0.717) is 31.2 Å². The normalized spacial score (nSPS) is 24.1. The van der Waals surface area contributed by atoms with Crippen LogP contribution in [0.25, 0.3) is 0 Å². The molecule has 1 saturated carbocycles. The van der Waals surface area contributed by atoms with Gasteiger partial charge in [-0.05, 0) is 18.4 Å². The molecule has 140 valence electrons. The summed E-state index contributed by atoms with van der Waals surface area (Å²) in [7, 11) is 0. The van der Waals surface area contributed by atoms with Crippen molar-refractivity contribution in [2.75, 3.05) is 45.8 Å². The van der Waals surface area contributed by atoms with Crippen molar-refractivity contribution in [1.82, 2.24) is 25.6 Å². The summed E-state index contributed by atoms with van der Waals surface area (Å²) in [5.41, 5.74) is 1.23. The van der Waals surface area contributed by atoms with E-state index in [1.54, 1.807) is 6.07 Å². The number of hydrogen-bond donors (Lipinski definition) is 2. The van der Waals surface area contributed by atoms with Crippen LogP contribution in [0.4, 0.5) is 0 Å². The molecule has 2 N–H and O–H groups in total. The van der Waals surface area contributed by atoms with Crippen molar-refractivity contribution in [2.24, 2.45) is 0 Å². The molecule has 1 aromatic heterocycles. The third-order valence-electron chi connectivity index (χ3n) is 5.23. The van der Waals surface area contributed by atoms with E-state index in [4.69, 9.17) is 4.52 Å². The first kappa shape index (κ1) is 17.2. The number of nitrogens with zero attached hydrogens (tertiary/aromatic N) is 3. The lowest BCUT2D eigenvalue weighted by molar-refractivity contribution is -0.132. The fourth-order valence-corrected chi connectivity index (χ4v) is 3.51. The fourth-order valence-electron chi connectivity index (χ4n) is 3.51. The number of amides is 2. The number of aromatic nitrogens is 1. The standard InChI is InChI=1S/C18H25N5O3/c1-12-9-22(11-17(24)23-6-4-19-5-7-23)10-15(12)20-18(25)14-8-16(26-21-14)13-2-3-13/h8,13,15,19H,1-7,9-11H2,(H,20,25)/t15-/m1/s1. The van der Waals surface area contributed by atoms with Crippen LogP contribution in [0.1, 0.15) is 35.0 Å². The lowest BCUT2D eigenvalue weighted by atomic mass is 10.2. The third-order valence-corrected chi connectivity index (χ3v) is 5.23. The number of carbonyl (C=O) groups is 2. The van der Waals surface area contributed by atoms with Gasteiger partial charge in [-0.25, -0.2) is 0 Å².